The average molecular weight is 474 g/mol. The van der Waals surface area contributed by atoms with Gasteiger partial charge in [0.05, 0.1) is 23.3 Å². The summed E-state index contributed by atoms with van der Waals surface area (Å²) in [4.78, 5) is 23.0. The van der Waals surface area contributed by atoms with Gasteiger partial charge in [0.1, 0.15) is 23.7 Å². The van der Waals surface area contributed by atoms with Crippen molar-refractivity contribution >= 4 is 45.6 Å². The van der Waals surface area contributed by atoms with Crippen LogP contribution in [0, 0.1) is 5.82 Å². The number of methoxy groups -OCH3 is 1. The third-order valence-electron chi connectivity index (χ3n) is 5.33. The molecule has 1 saturated heterocycles. The van der Waals surface area contributed by atoms with E-state index in [4.69, 9.17) is 16.3 Å². The number of nitrogens with zero attached hydrogens (tertiary/aromatic N) is 3. The molecule has 1 aromatic heterocycles. The normalized spacial score (nSPS) is 14.5. The van der Waals surface area contributed by atoms with Crippen molar-refractivity contribution in [3.63, 3.8) is 0 Å². The highest BCUT2D eigenvalue weighted by Crippen LogP contribution is 2.33. The molecule has 0 unspecified atom stereocenters. The Labute approximate surface area is 194 Å². The van der Waals surface area contributed by atoms with Crippen molar-refractivity contribution in [2.24, 2.45) is 0 Å². The number of aromatic nitrogens is 2. The molecule has 0 radical (unpaired) electrons. The molecule has 172 valence electrons. The Morgan fingerprint density at radius 3 is 2.76 bits per heavy atom. The zero-order valence-electron chi connectivity index (χ0n) is 17.9. The zero-order chi connectivity index (χ0) is 23.4. The molecule has 0 aliphatic carbocycles. The highest BCUT2D eigenvalue weighted by Gasteiger charge is 2.17. The lowest BCUT2D eigenvalue weighted by molar-refractivity contribution is -0.114. The van der Waals surface area contributed by atoms with Crippen LogP contribution in [0.25, 0.3) is 10.9 Å². The maximum Gasteiger partial charge on any atom is 0.284 e. The average Bonchev–Trinajstić information content (AvgIpc) is 3.33. The van der Waals surface area contributed by atoms with Crippen molar-refractivity contribution in [1.82, 2.24) is 14.9 Å². The summed E-state index contributed by atoms with van der Waals surface area (Å²) in [6, 6.07) is 7.38. The van der Waals surface area contributed by atoms with Crippen molar-refractivity contribution in [3.8, 4) is 5.75 Å². The van der Waals surface area contributed by atoms with Gasteiger partial charge >= 0.3 is 0 Å². The van der Waals surface area contributed by atoms with Crippen LogP contribution in [0.1, 0.15) is 12.8 Å². The second-order valence-electron chi connectivity index (χ2n) is 7.56. The summed E-state index contributed by atoms with van der Waals surface area (Å²) < 4.78 is 33.3. The van der Waals surface area contributed by atoms with Crippen molar-refractivity contribution < 1.29 is 18.3 Å². The van der Waals surface area contributed by atoms with E-state index in [2.05, 4.69) is 25.5 Å². The van der Waals surface area contributed by atoms with E-state index in [0.29, 0.717) is 34.7 Å². The Morgan fingerprint density at radius 2 is 2.03 bits per heavy atom. The van der Waals surface area contributed by atoms with Crippen LogP contribution in [0.15, 0.2) is 48.6 Å². The number of anilines is 3. The predicted octanol–water partition coefficient (Wildman–Crippen LogP) is 5.06. The first-order chi connectivity index (χ1) is 15.9. The highest BCUT2D eigenvalue weighted by molar-refractivity contribution is 6.31. The summed E-state index contributed by atoms with van der Waals surface area (Å²) >= 11 is 5.86. The maximum absolute atomic E-state index is 14.4. The number of carbonyl (C=O) groups is 1. The molecule has 10 heteroatoms. The van der Waals surface area contributed by atoms with E-state index < -0.39 is 17.6 Å². The van der Waals surface area contributed by atoms with Crippen molar-refractivity contribution in [3.05, 3.63) is 59.4 Å². The maximum atomic E-state index is 14.4. The second kappa shape index (κ2) is 10.1. The van der Waals surface area contributed by atoms with Crippen LogP contribution in [0.2, 0.25) is 5.02 Å². The number of amides is 1. The van der Waals surface area contributed by atoms with E-state index in [1.54, 1.807) is 12.1 Å². The van der Waals surface area contributed by atoms with Crippen LogP contribution in [-0.2, 0) is 4.79 Å². The molecule has 2 aromatic carbocycles. The molecule has 0 bridgehead atoms. The Kier molecular flexibility index (Phi) is 7.00. The standard InChI is InChI=1S/C23H22ClF2N5O2/c1-33-21-12-19-15(22(28-13-27-19)29-14-4-5-17(25)16(24)10-14)11-20(21)30-23(32)18(26)6-9-31-7-2-3-8-31/h4-6,10-13H,2-3,7-9H2,1H3,(H,30,32)(H,27,28,29)/b18-6-. The molecular weight excluding hydrogens is 452 g/mol. The number of hydrogen-bond donors (Lipinski definition) is 2. The molecule has 2 N–H and O–H groups in total. The van der Waals surface area contributed by atoms with Gasteiger partial charge in [-0.2, -0.15) is 0 Å². The van der Waals surface area contributed by atoms with Crippen molar-refractivity contribution in [1.29, 1.82) is 0 Å². The number of benzene rings is 2. The molecule has 1 fully saturated rings. The lowest BCUT2D eigenvalue weighted by Crippen LogP contribution is -2.20. The summed E-state index contributed by atoms with van der Waals surface area (Å²) in [5.41, 5.74) is 1.30. The Balaban J connectivity index is 1.60. The topological polar surface area (TPSA) is 79.4 Å². The third-order valence-corrected chi connectivity index (χ3v) is 5.62. The fourth-order valence-corrected chi connectivity index (χ4v) is 3.79. The first kappa shape index (κ1) is 22.9. The SMILES string of the molecule is COc1cc2ncnc(Nc3ccc(F)c(Cl)c3)c2cc1NC(=O)/C(F)=C/CN1CCCC1. The Hall–Kier alpha value is -3.30. The Bertz CT molecular complexity index is 1210. The number of halogens is 3. The quantitative estimate of drug-likeness (QED) is 0.467. The van der Waals surface area contributed by atoms with Gasteiger partial charge in [-0.1, -0.05) is 11.6 Å². The Morgan fingerprint density at radius 1 is 1.24 bits per heavy atom. The van der Waals surface area contributed by atoms with Gasteiger partial charge in [-0.25, -0.2) is 18.7 Å². The minimum atomic E-state index is -0.872. The number of nitrogens with one attached hydrogen (secondary N) is 2. The van der Waals surface area contributed by atoms with Gasteiger partial charge in [0.25, 0.3) is 5.91 Å². The molecule has 1 aliphatic rings. The summed E-state index contributed by atoms with van der Waals surface area (Å²) in [6.45, 7) is 2.19. The van der Waals surface area contributed by atoms with E-state index in [1.165, 1.54) is 37.7 Å². The minimum Gasteiger partial charge on any atom is -0.494 e. The van der Waals surface area contributed by atoms with Gasteiger partial charge in [-0.05, 0) is 56.3 Å². The van der Waals surface area contributed by atoms with Crippen LogP contribution < -0.4 is 15.4 Å². The number of hydrogen-bond acceptors (Lipinski definition) is 6. The molecule has 1 aliphatic heterocycles. The van der Waals surface area contributed by atoms with E-state index in [-0.39, 0.29) is 10.7 Å². The van der Waals surface area contributed by atoms with Crippen LogP contribution in [-0.4, -0.2) is 47.5 Å². The molecule has 33 heavy (non-hydrogen) atoms. The fourth-order valence-electron chi connectivity index (χ4n) is 3.61. The molecule has 4 rings (SSSR count). The lowest BCUT2D eigenvalue weighted by Gasteiger charge is -2.14. The van der Waals surface area contributed by atoms with Crippen LogP contribution >= 0.6 is 11.6 Å². The van der Waals surface area contributed by atoms with Crippen molar-refractivity contribution in [2.75, 3.05) is 37.4 Å². The number of rotatable bonds is 7. The number of likely N-dealkylation sites (tertiary alicyclic amines) is 1. The molecule has 3 aromatic rings. The van der Waals surface area contributed by atoms with Gasteiger partial charge in [0, 0.05) is 23.7 Å². The molecule has 1 amide bonds. The van der Waals surface area contributed by atoms with Crippen LogP contribution in [0.5, 0.6) is 5.75 Å². The molecular formula is C23H22ClF2N5O2. The number of fused-ring (bicyclic) bond motifs is 1. The van der Waals surface area contributed by atoms with Gasteiger partial charge in [0.2, 0.25) is 0 Å². The molecule has 2 heterocycles. The lowest BCUT2D eigenvalue weighted by atomic mass is 10.1. The molecule has 0 atom stereocenters. The summed E-state index contributed by atoms with van der Waals surface area (Å²) in [5.74, 6) is -1.57. The monoisotopic (exact) mass is 473 g/mol. The van der Waals surface area contributed by atoms with E-state index in [9.17, 15) is 13.6 Å². The van der Waals surface area contributed by atoms with Crippen molar-refractivity contribution in [2.45, 2.75) is 12.8 Å². The van der Waals surface area contributed by atoms with E-state index in [0.717, 1.165) is 25.9 Å². The number of ether oxygens (including phenoxy) is 1. The minimum absolute atomic E-state index is 0.0378. The smallest absolute Gasteiger partial charge is 0.284 e. The first-order valence-electron chi connectivity index (χ1n) is 10.4. The molecule has 0 spiro atoms. The summed E-state index contributed by atoms with van der Waals surface area (Å²) in [6.07, 6.45) is 4.80. The zero-order valence-corrected chi connectivity index (χ0v) is 18.6. The summed E-state index contributed by atoms with van der Waals surface area (Å²) in [7, 11) is 1.44. The van der Waals surface area contributed by atoms with Gasteiger partial charge in [-0.15, -0.1) is 0 Å². The second-order valence-corrected chi connectivity index (χ2v) is 7.97. The summed E-state index contributed by atoms with van der Waals surface area (Å²) in [5, 5.41) is 6.12. The largest absolute Gasteiger partial charge is 0.494 e. The molecule has 7 nitrogen and oxygen atoms in total. The predicted molar refractivity (Wildman–Crippen MR) is 124 cm³/mol. The van der Waals surface area contributed by atoms with E-state index in [1.807, 2.05) is 0 Å². The van der Waals surface area contributed by atoms with Crippen LogP contribution in [0.3, 0.4) is 0 Å². The van der Waals surface area contributed by atoms with E-state index >= 15 is 0 Å². The van der Waals surface area contributed by atoms with Gasteiger partial charge < -0.3 is 15.4 Å². The van der Waals surface area contributed by atoms with Crippen LogP contribution in [0.4, 0.5) is 26.0 Å². The fraction of sp³-hybridized carbons (Fsp3) is 0.261. The third kappa shape index (κ3) is 5.37. The van der Waals surface area contributed by atoms with Gasteiger partial charge in [-0.3, -0.25) is 9.69 Å². The first-order valence-corrected chi connectivity index (χ1v) is 10.8. The number of carbonyl (C=O) groups excluding carboxylic acids is 1. The highest BCUT2D eigenvalue weighted by atomic mass is 35.5. The molecule has 0 saturated carbocycles. The van der Waals surface area contributed by atoms with Gasteiger partial charge in [0.15, 0.2) is 5.83 Å².